The van der Waals surface area contributed by atoms with Gasteiger partial charge in [0.05, 0.1) is 12.3 Å². The van der Waals surface area contributed by atoms with Gasteiger partial charge in [-0.25, -0.2) is 13.2 Å². The van der Waals surface area contributed by atoms with Crippen LogP contribution in [-0.4, -0.2) is 107 Å². The maximum Gasteiger partial charge on any atom is 0.410 e. The minimum atomic E-state index is -3.82. The number of rotatable bonds is 12. The molecule has 0 radical (unpaired) electrons. The van der Waals surface area contributed by atoms with Gasteiger partial charge in [0.2, 0.25) is 10.0 Å². The summed E-state index contributed by atoms with van der Waals surface area (Å²) in [6.07, 6.45) is 3.16. The van der Waals surface area contributed by atoms with E-state index in [4.69, 9.17) is 4.74 Å². The average Bonchev–Trinajstić information content (AvgIpc) is 3.34. The molecule has 230 valence electrons. The molecule has 3 rings (SSSR count). The van der Waals surface area contributed by atoms with Gasteiger partial charge in [0.1, 0.15) is 17.3 Å². The topological polar surface area (TPSA) is 180 Å². The van der Waals surface area contributed by atoms with Crippen LogP contribution in [-0.2, 0) is 26.1 Å². The van der Waals surface area contributed by atoms with Gasteiger partial charge in [-0.1, -0.05) is 13.3 Å². The van der Waals surface area contributed by atoms with E-state index in [-0.39, 0.29) is 29.1 Å². The molecule has 1 saturated heterocycles. The molecule has 1 aromatic rings. The van der Waals surface area contributed by atoms with E-state index >= 15 is 0 Å². The number of nitrogens with zero attached hydrogens (tertiary/aromatic N) is 4. The quantitative estimate of drug-likeness (QED) is 0.319. The lowest BCUT2D eigenvalue weighted by Gasteiger charge is -2.34. The van der Waals surface area contributed by atoms with Gasteiger partial charge in [0.25, 0.3) is 11.8 Å². The molecule has 41 heavy (non-hydrogen) atoms. The summed E-state index contributed by atoms with van der Waals surface area (Å²) >= 11 is 0. The van der Waals surface area contributed by atoms with Crippen LogP contribution in [0.25, 0.3) is 0 Å². The monoisotopic (exact) mass is 598 g/mol. The molecule has 0 aliphatic carbocycles. The van der Waals surface area contributed by atoms with E-state index in [1.165, 1.54) is 10.7 Å². The van der Waals surface area contributed by atoms with E-state index in [1.807, 2.05) is 27.7 Å². The fourth-order valence-electron chi connectivity index (χ4n) is 4.71. The number of fused-ring (bicyclic) bond motifs is 1. The van der Waals surface area contributed by atoms with Gasteiger partial charge >= 0.3 is 12.1 Å². The minimum Gasteiger partial charge on any atom is -0.480 e. The summed E-state index contributed by atoms with van der Waals surface area (Å²) in [7, 11) is -3.82. The Labute approximate surface area is 240 Å². The number of piperidine rings is 1. The van der Waals surface area contributed by atoms with Crippen molar-refractivity contribution in [2.75, 3.05) is 38.5 Å². The van der Waals surface area contributed by atoms with E-state index in [0.29, 0.717) is 51.5 Å². The number of ether oxygens (including phenoxy) is 1. The number of aromatic nitrogens is 2. The summed E-state index contributed by atoms with van der Waals surface area (Å²) in [4.78, 5) is 53.1. The van der Waals surface area contributed by atoms with Gasteiger partial charge in [-0.3, -0.25) is 19.1 Å². The molecule has 0 unspecified atom stereocenters. The number of carbonyl (C=O) groups is 4. The van der Waals surface area contributed by atoms with E-state index in [2.05, 4.69) is 15.1 Å². The highest BCUT2D eigenvalue weighted by molar-refractivity contribution is 7.89. The summed E-state index contributed by atoms with van der Waals surface area (Å²) in [5, 5.41) is 16.0. The molecule has 0 saturated carbocycles. The number of hydrogen-bond acceptors (Lipinski definition) is 8. The van der Waals surface area contributed by atoms with Gasteiger partial charge in [-0.05, 0) is 52.4 Å². The van der Waals surface area contributed by atoms with Crippen LogP contribution in [0.2, 0.25) is 0 Å². The Morgan fingerprint density at radius 3 is 2.46 bits per heavy atom. The third-order valence-corrected chi connectivity index (χ3v) is 8.50. The predicted molar refractivity (Wildman–Crippen MR) is 149 cm³/mol. The molecule has 2 aliphatic rings. The molecule has 3 N–H and O–H groups in total. The van der Waals surface area contributed by atoms with Crippen LogP contribution < -0.4 is 10.0 Å². The van der Waals surface area contributed by atoms with Crippen molar-refractivity contribution in [2.24, 2.45) is 5.92 Å². The lowest BCUT2D eigenvalue weighted by molar-refractivity contribution is -0.138. The molecule has 2 aliphatic heterocycles. The normalized spacial score (nSPS) is 17.2. The van der Waals surface area contributed by atoms with Gasteiger partial charge in [-0.15, -0.1) is 0 Å². The number of aliphatic carboxylic acids is 1. The third-order valence-electron chi connectivity index (χ3n) is 7.03. The minimum absolute atomic E-state index is 0.0531. The maximum atomic E-state index is 13.1. The average molecular weight is 599 g/mol. The number of carbonyl (C=O) groups excluding carboxylic acids is 3. The number of sulfonamides is 1. The molecule has 0 aromatic carbocycles. The largest absolute Gasteiger partial charge is 0.480 e. The van der Waals surface area contributed by atoms with Crippen molar-refractivity contribution in [3.8, 4) is 0 Å². The van der Waals surface area contributed by atoms with Crippen LogP contribution in [0.4, 0.5) is 4.79 Å². The molecule has 1 atom stereocenters. The van der Waals surface area contributed by atoms with Crippen molar-refractivity contribution in [2.45, 2.75) is 78.0 Å². The fourth-order valence-corrected chi connectivity index (χ4v) is 6.11. The highest BCUT2D eigenvalue weighted by Gasteiger charge is 2.31. The lowest BCUT2D eigenvalue weighted by atomic mass is 9.93. The van der Waals surface area contributed by atoms with Crippen molar-refractivity contribution >= 4 is 33.9 Å². The van der Waals surface area contributed by atoms with E-state index in [1.54, 1.807) is 9.80 Å². The van der Waals surface area contributed by atoms with Gasteiger partial charge < -0.3 is 25.0 Å². The Kier molecular flexibility index (Phi) is 10.8. The standard InChI is InChI=1S/C26H42N6O8S/c1-5-6-15-41(38,39)29-20(24(35)36)17-27-22(33)19-16-21-23(34)30(13-14-32(21)28-19)10-7-18-8-11-31(12-9-18)25(37)40-26(2,3)4/h16,18,20,29H,5-15,17H2,1-4H3,(H,27,33)(H,35,36)/t20-/m0/s1. The maximum absolute atomic E-state index is 13.1. The number of hydrogen-bond donors (Lipinski definition) is 3. The highest BCUT2D eigenvalue weighted by atomic mass is 32.2. The van der Waals surface area contributed by atoms with Crippen molar-refractivity contribution in [1.82, 2.24) is 29.6 Å². The van der Waals surface area contributed by atoms with Crippen LogP contribution >= 0.6 is 0 Å². The Morgan fingerprint density at radius 1 is 1.17 bits per heavy atom. The third kappa shape index (κ3) is 9.42. The van der Waals surface area contributed by atoms with E-state index < -0.39 is 40.1 Å². The van der Waals surface area contributed by atoms with Crippen molar-refractivity contribution in [3.05, 3.63) is 17.5 Å². The number of likely N-dealkylation sites (tertiary alicyclic amines) is 1. The summed E-state index contributed by atoms with van der Waals surface area (Å²) < 4.78 is 33.2. The van der Waals surface area contributed by atoms with Crippen molar-refractivity contribution in [1.29, 1.82) is 0 Å². The van der Waals surface area contributed by atoms with Crippen molar-refractivity contribution in [3.63, 3.8) is 0 Å². The molecule has 15 heteroatoms. The summed E-state index contributed by atoms with van der Waals surface area (Å²) in [6.45, 7) is 9.47. The molecule has 14 nitrogen and oxygen atoms in total. The predicted octanol–water partition coefficient (Wildman–Crippen LogP) is 1.28. The lowest BCUT2D eigenvalue weighted by Crippen LogP contribution is -2.49. The first-order valence-corrected chi connectivity index (χ1v) is 15.7. The zero-order chi connectivity index (χ0) is 30.4. The van der Waals surface area contributed by atoms with Crippen LogP contribution in [0.3, 0.4) is 0 Å². The van der Waals surface area contributed by atoms with E-state index in [0.717, 1.165) is 19.3 Å². The summed E-state index contributed by atoms with van der Waals surface area (Å²) in [5.74, 6) is -2.21. The highest BCUT2D eigenvalue weighted by Crippen LogP contribution is 2.24. The second-order valence-electron chi connectivity index (χ2n) is 11.5. The number of carboxylic acid groups (broad SMARTS) is 1. The van der Waals surface area contributed by atoms with Gasteiger partial charge in [-0.2, -0.15) is 9.82 Å². The number of amides is 3. The fraction of sp³-hybridized carbons (Fsp3) is 0.731. The molecule has 0 spiro atoms. The molecule has 0 bridgehead atoms. The molecular formula is C26H42N6O8S. The van der Waals surface area contributed by atoms with Crippen LogP contribution in [0.15, 0.2) is 6.07 Å². The first-order chi connectivity index (χ1) is 19.2. The summed E-state index contributed by atoms with van der Waals surface area (Å²) in [5.41, 5.74) is -0.330. The number of carboxylic acids is 1. The van der Waals surface area contributed by atoms with Gasteiger partial charge in [0.15, 0.2) is 5.69 Å². The number of unbranched alkanes of at least 4 members (excludes halogenated alkanes) is 1. The Balaban J connectivity index is 1.50. The first kappa shape index (κ1) is 32.3. The second-order valence-corrected chi connectivity index (χ2v) is 13.4. The second kappa shape index (κ2) is 13.6. The van der Waals surface area contributed by atoms with Crippen LogP contribution in [0, 0.1) is 5.92 Å². The zero-order valence-corrected chi connectivity index (χ0v) is 25.0. The van der Waals surface area contributed by atoms with Crippen LogP contribution in [0.5, 0.6) is 0 Å². The van der Waals surface area contributed by atoms with E-state index in [9.17, 15) is 32.7 Å². The Bertz CT molecular complexity index is 1220. The number of nitrogens with one attached hydrogen (secondary N) is 2. The van der Waals surface area contributed by atoms with Crippen LogP contribution in [0.1, 0.15) is 80.8 Å². The first-order valence-electron chi connectivity index (χ1n) is 14.0. The SMILES string of the molecule is CCCCS(=O)(=O)N[C@@H](CNC(=O)c1cc2n(n1)CCN(CCC1CCN(C(=O)OC(C)(C)C)CC1)C2=O)C(=O)O. The van der Waals surface area contributed by atoms with Gasteiger partial charge in [0, 0.05) is 38.8 Å². The molecule has 3 heterocycles. The Morgan fingerprint density at radius 2 is 1.85 bits per heavy atom. The molecule has 3 amide bonds. The molecule has 1 fully saturated rings. The summed E-state index contributed by atoms with van der Waals surface area (Å²) in [6, 6.07) is -0.171. The molecular weight excluding hydrogens is 556 g/mol. The van der Waals surface area contributed by atoms with Crippen molar-refractivity contribution < 1.29 is 37.4 Å². The molecule has 1 aromatic heterocycles. The zero-order valence-electron chi connectivity index (χ0n) is 24.2. The Hall–Kier alpha value is -3.20. The smallest absolute Gasteiger partial charge is 0.410 e.